The number of nitrogens with one attached hydrogen (secondary N) is 2. The number of halogens is 3. The summed E-state index contributed by atoms with van der Waals surface area (Å²) in [7, 11) is 0. The molecule has 2 amide bonds. The Morgan fingerprint density at radius 1 is 1.08 bits per heavy atom. The van der Waals surface area contributed by atoms with Crippen LogP contribution in [0, 0.1) is 29.3 Å². The van der Waals surface area contributed by atoms with Crippen molar-refractivity contribution < 1.29 is 27.5 Å². The minimum atomic E-state index is -1.64. The summed E-state index contributed by atoms with van der Waals surface area (Å²) >= 11 is 0. The van der Waals surface area contributed by atoms with E-state index in [1.165, 1.54) is 0 Å². The molecule has 2 fully saturated rings. The van der Waals surface area contributed by atoms with Crippen molar-refractivity contribution in [3.05, 3.63) is 29.6 Å². The molecule has 2 N–H and O–H groups in total. The van der Waals surface area contributed by atoms with E-state index >= 15 is 0 Å². The molecular formula is C17H20F3N3O3. The summed E-state index contributed by atoms with van der Waals surface area (Å²) in [4.78, 5) is 26.3. The van der Waals surface area contributed by atoms with Crippen molar-refractivity contribution in [3.8, 4) is 0 Å². The molecule has 1 aliphatic heterocycles. The lowest BCUT2D eigenvalue weighted by Gasteiger charge is -2.26. The van der Waals surface area contributed by atoms with Crippen molar-refractivity contribution >= 4 is 17.5 Å². The Hall–Kier alpha value is -2.13. The third kappa shape index (κ3) is 4.34. The van der Waals surface area contributed by atoms with E-state index in [1.54, 1.807) is 0 Å². The highest BCUT2D eigenvalue weighted by Gasteiger charge is 2.48. The molecule has 0 bridgehead atoms. The fraction of sp³-hybridized carbons (Fsp3) is 0.529. The molecule has 26 heavy (non-hydrogen) atoms. The number of amides is 2. The topological polar surface area (TPSA) is 70.7 Å². The number of morpholine rings is 1. The van der Waals surface area contributed by atoms with Crippen LogP contribution in [0.4, 0.5) is 18.9 Å². The van der Waals surface area contributed by atoms with Crippen LogP contribution >= 0.6 is 0 Å². The fourth-order valence-corrected chi connectivity index (χ4v) is 2.92. The Morgan fingerprint density at radius 2 is 1.77 bits per heavy atom. The molecule has 0 radical (unpaired) electrons. The van der Waals surface area contributed by atoms with Crippen molar-refractivity contribution in [1.82, 2.24) is 10.2 Å². The van der Waals surface area contributed by atoms with Gasteiger partial charge < -0.3 is 15.4 Å². The first-order valence-electron chi connectivity index (χ1n) is 8.49. The van der Waals surface area contributed by atoms with E-state index in [4.69, 9.17) is 4.74 Å². The first-order valence-corrected chi connectivity index (χ1v) is 8.49. The fourth-order valence-electron chi connectivity index (χ4n) is 2.92. The number of ether oxygens (including phenoxy) is 1. The van der Waals surface area contributed by atoms with Gasteiger partial charge in [0.25, 0.3) is 0 Å². The van der Waals surface area contributed by atoms with E-state index < -0.39 is 40.9 Å². The van der Waals surface area contributed by atoms with Crippen molar-refractivity contribution in [2.24, 2.45) is 11.8 Å². The monoisotopic (exact) mass is 371 g/mol. The number of carbonyl (C=O) groups is 2. The van der Waals surface area contributed by atoms with Gasteiger partial charge in [-0.15, -0.1) is 0 Å². The summed E-state index contributed by atoms with van der Waals surface area (Å²) in [5.74, 6) is -6.31. The van der Waals surface area contributed by atoms with Crippen LogP contribution in [0.1, 0.15) is 6.42 Å². The molecule has 1 aromatic rings. The van der Waals surface area contributed by atoms with Crippen LogP contribution in [0.2, 0.25) is 0 Å². The zero-order chi connectivity index (χ0) is 18.7. The van der Waals surface area contributed by atoms with Gasteiger partial charge in [-0.05, 0) is 18.6 Å². The average Bonchev–Trinajstić information content (AvgIpc) is 3.44. The molecule has 142 valence electrons. The lowest BCUT2D eigenvalue weighted by atomic mass is 10.2. The number of anilines is 1. The summed E-state index contributed by atoms with van der Waals surface area (Å²) in [5, 5.41) is 4.99. The van der Waals surface area contributed by atoms with Crippen LogP contribution in [-0.4, -0.2) is 56.1 Å². The van der Waals surface area contributed by atoms with Gasteiger partial charge in [-0.1, -0.05) is 0 Å². The normalized spacial score (nSPS) is 22.7. The summed E-state index contributed by atoms with van der Waals surface area (Å²) in [6, 6.07) is 1.68. The van der Waals surface area contributed by atoms with Gasteiger partial charge in [-0.3, -0.25) is 14.5 Å². The standard InChI is InChI=1S/C17H20F3N3O3/c18-12-1-2-13(15(20)14(12)19)22-17(25)11-9-10(11)16(24)21-3-4-23-5-7-26-8-6-23/h1-2,10-11H,3-9H2,(H,21,24)(H,22,25). The van der Waals surface area contributed by atoms with Crippen LogP contribution in [0.5, 0.6) is 0 Å². The molecule has 1 heterocycles. The number of rotatable bonds is 6. The van der Waals surface area contributed by atoms with Crippen LogP contribution in [0.15, 0.2) is 12.1 Å². The van der Waals surface area contributed by atoms with E-state index in [1.807, 2.05) is 0 Å². The third-order valence-corrected chi connectivity index (χ3v) is 4.59. The van der Waals surface area contributed by atoms with Gasteiger partial charge in [-0.25, -0.2) is 13.2 Å². The Bertz CT molecular complexity index is 695. The van der Waals surface area contributed by atoms with Gasteiger partial charge >= 0.3 is 0 Å². The molecule has 3 rings (SSSR count). The Balaban J connectivity index is 1.43. The van der Waals surface area contributed by atoms with Crippen LogP contribution in [-0.2, 0) is 14.3 Å². The molecule has 0 aromatic heterocycles. The van der Waals surface area contributed by atoms with Crippen molar-refractivity contribution in [1.29, 1.82) is 0 Å². The Labute approximate surface area is 148 Å². The van der Waals surface area contributed by atoms with E-state index in [0.29, 0.717) is 32.7 Å². The summed E-state index contributed by atoms with van der Waals surface area (Å²) < 4.78 is 44.9. The lowest BCUT2D eigenvalue weighted by Crippen LogP contribution is -2.41. The molecule has 0 spiro atoms. The molecule has 9 heteroatoms. The van der Waals surface area contributed by atoms with Crippen LogP contribution in [0.3, 0.4) is 0 Å². The number of hydrogen-bond donors (Lipinski definition) is 2. The highest BCUT2D eigenvalue weighted by molar-refractivity contribution is 5.99. The molecule has 1 aliphatic carbocycles. The predicted molar refractivity (Wildman–Crippen MR) is 86.8 cm³/mol. The quantitative estimate of drug-likeness (QED) is 0.736. The van der Waals surface area contributed by atoms with E-state index in [-0.39, 0.29) is 5.91 Å². The minimum Gasteiger partial charge on any atom is -0.379 e. The zero-order valence-electron chi connectivity index (χ0n) is 14.1. The zero-order valence-corrected chi connectivity index (χ0v) is 14.1. The first-order chi connectivity index (χ1) is 12.5. The van der Waals surface area contributed by atoms with E-state index in [2.05, 4.69) is 15.5 Å². The largest absolute Gasteiger partial charge is 0.379 e. The molecular weight excluding hydrogens is 351 g/mol. The molecule has 2 atom stereocenters. The van der Waals surface area contributed by atoms with E-state index in [9.17, 15) is 22.8 Å². The summed E-state index contributed by atoms with van der Waals surface area (Å²) in [6.45, 7) is 4.19. The third-order valence-electron chi connectivity index (χ3n) is 4.59. The van der Waals surface area contributed by atoms with Crippen LogP contribution in [0.25, 0.3) is 0 Å². The van der Waals surface area contributed by atoms with Gasteiger partial charge in [0.2, 0.25) is 11.8 Å². The molecule has 2 unspecified atom stereocenters. The highest BCUT2D eigenvalue weighted by Crippen LogP contribution is 2.39. The first kappa shape index (κ1) is 18.7. The minimum absolute atomic E-state index is 0.232. The Morgan fingerprint density at radius 3 is 2.50 bits per heavy atom. The van der Waals surface area contributed by atoms with E-state index in [0.717, 1.165) is 25.2 Å². The summed E-state index contributed by atoms with van der Waals surface area (Å²) in [6.07, 6.45) is 0.348. The lowest BCUT2D eigenvalue weighted by molar-refractivity contribution is -0.125. The molecule has 2 aliphatic rings. The predicted octanol–water partition coefficient (Wildman–Crippen LogP) is 1.13. The summed E-state index contributed by atoms with van der Waals surface area (Å²) in [5.41, 5.74) is -0.438. The molecule has 6 nitrogen and oxygen atoms in total. The van der Waals surface area contributed by atoms with Crippen molar-refractivity contribution in [2.45, 2.75) is 6.42 Å². The SMILES string of the molecule is O=C(NCCN1CCOCC1)C1CC1C(=O)Nc1ccc(F)c(F)c1F. The smallest absolute Gasteiger partial charge is 0.228 e. The number of nitrogens with zero attached hydrogens (tertiary/aromatic N) is 1. The maximum Gasteiger partial charge on any atom is 0.228 e. The maximum absolute atomic E-state index is 13.6. The Kier molecular flexibility index (Phi) is 5.77. The second-order valence-corrected chi connectivity index (χ2v) is 6.41. The van der Waals surface area contributed by atoms with Crippen molar-refractivity contribution in [2.75, 3.05) is 44.7 Å². The number of hydrogen-bond acceptors (Lipinski definition) is 4. The highest BCUT2D eigenvalue weighted by atomic mass is 19.2. The average molecular weight is 371 g/mol. The maximum atomic E-state index is 13.6. The van der Waals surface area contributed by atoms with Gasteiger partial charge in [0.15, 0.2) is 17.5 Å². The number of benzene rings is 1. The van der Waals surface area contributed by atoms with Crippen LogP contribution < -0.4 is 10.6 Å². The molecule has 1 saturated heterocycles. The van der Waals surface area contributed by atoms with Gasteiger partial charge in [-0.2, -0.15) is 0 Å². The van der Waals surface area contributed by atoms with Crippen molar-refractivity contribution in [3.63, 3.8) is 0 Å². The second kappa shape index (κ2) is 8.05. The second-order valence-electron chi connectivity index (χ2n) is 6.41. The molecule has 1 saturated carbocycles. The van der Waals surface area contributed by atoms with Gasteiger partial charge in [0.05, 0.1) is 30.7 Å². The molecule has 1 aromatic carbocycles. The number of carbonyl (C=O) groups excluding carboxylic acids is 2. The van der Waals surface area contributed by atoms with Gasteiger partial charge in [0.1, 0.15) is 0 Å². The van der Waals surface area contributed by atoms with Gasteiger partial charge in [0, 0.05) is 26.2 Å².